The van der Waals surface area contributed by atoms with E-state index in [0.717, 1.165) is 0 Å². The van der Waals surface area contributed by atoms with Crippen molar-refractivity contribution in [2.24, 2.45) is 10.4 Å². The molecule has 0 spiro atoms. The molecule has 2 unspecified atom stereocenters. The summed E-state index contributed by atoms with van der Waals surface area (Å²) in [6, 6.07) is 1.59. The highest BCUT2D eigenvalue weighted by molar-refractivity contribution is 7.92. The highest BCUT2D eigenvalue weighted by Gasteiger charge is 2.37. The third-order valence-electron chi connectivity index (χ3n) is 4.24. The minimum Gasteiger partial charge on any atom is -0.342 e. The lowest BCUT2D eigenvalue weighted by molar-refractivity contribution is -0.143. The summed E-state index contributed by atoms with van der Waals surface area (Å²) in [7, 11) is -4.10. The molecule has 0 bridgehead atoms. The second-order valence-electron chi connectivity index (χ2n) is 7.81. The Hall–Kier alpha value is -2.29. The zero-order valence-electron chi connectivity index (χ0n) is 16.8. The van der Waals surface area contributed by atoms with Gasteiger partial charge >= 0.3 is 12.4 Å². The highest BCUT2D eigenvalue weighted by atomic mass is 32.2. The summed E-state index contributed by atoms with van der Waals surface area (Å²) in [6.45, 7) is 6.80. The first kappa shape index (κ1) is 25.7. The van der Waals surface area contributed by atoms with E-state index in [1.165, 1.54) is 6.07 Å². The Morgan fingerprint density at radius 1 is 1.03 bits per heavy atom. The van der Waals surface area contributed by atoms with Crippen molar-refractivity contribution in [3.8, 4) is 6.07 Å². The van der Waals surface area contributed by atoms with Crippen LogP contribution in [0.15, 0.2) is 23.2 Å². The van der Waals surface area contributed by atoms with Gasteiger partial charge in [0.15, 0.2) is 9.84 Å². The Kier molecular flexibility index (Phi) is 7.25. The van der Waals surface area contributed by atoms with Crippen LogP contribution in [0.5, 0.6) is 0 Å². The normalized spacial score (nSPS) is 16.0. The molecule has 0 aliphatic carbocycles. The van der Waals surface area contributed by atoms with Gasteiger partial charge < -0.3 is 5.32 Å². The van der Waals surface area contributed by atoms with Gasteiger partial charge in [-0.3, -0.25) is 4.99 Å². The number of amidine groups is 1. The number of hydrogen-bond donors (Lipinski definition) is 1. The quantitative estimate of drug-likeness (QED) is 0.396. The fourth-order valence-electron chi connectivity index (χ4n) is 2.10. The van der Waals surface area contributed by atoms with Gasteiger partial charge in [0.05, 0.1) is 23.2 Å². The molecular weight excluding hydrogens is 436 g/mol. The molecular formula is C18H21F6N3O2S. The maximum Gasteiger partial charge on any atom is 0.416 e. The van der Waals surface area contributed by atoms with E-state index in [1.807, 2.05) is 0 Å². The third kappa shape index (κ3) is 6.90. The number of rotatable bonds is 4. The number of alkyl halides is 6. The van der Waals surface area contributed by atoms with Crippen LogP contribution in [0.1, 0.15) is 38.8 Å². The van der Waals surface area contributed by atoms with Gasteiger partial charge in [-0.15, -0.1) is 0 Å². The molecule has 0 aliphatic heterocycles. The van der Waals surface area contributed by atoms with E-state index >= 15 is 0 Å². The number of hydrogen-bond acceptors (Lipinski definition) is 4. The Labute approximate surface area is 170 Å². The number of nitriles is 1. The predicted molar refractivity (Wildman–Crippen MR) is 101 cm³/mol. The van der Waals surface area contributed by atoms with Crippen LogP contribution in [0.3, 0.4) is 0 Å². The van der Waals surface area contributed by atoms with Gasteiger partial charge in [0, 0.05) is 11.9 Å². The fraction of sp³-hybridized carbons (Fsp3) is 0.556. The molecule has 0 amide bonds. The number of halogens is 6. The first-order chi connectivity index (χ1) is 13.3. The average molecular weight is 457 g/mol. The number of benzene rings is 1. The van der Waals surface area contributed by atoms with Crippen LogP contribution >= 0.6 is 0 Å². The Morgan fingerprint density at radius 3 is 1.77 bits per heavy atom. The molecule has 0 heterocycles. The van der Waals surface area contributed by atoms with Crippen molar-refractivity contribution in [2.45, 2.75) is 51.3 Å². The monoisotopic (exact) mass is 457 g/mol. The van der Waals surface area contributed by atoms with Crippen molar-refractivity contribution in [3.63, 3.8) is 0 Å². The van der Waals surface area contributed by atoms with Gasteiger partial charge in [-0.25, -0.2) is 8.42 Å². The van der Waals surface area contributed by atoms with Gasteiger partial charge in [-0.05, 0) is 30.5 Å². The van der Waals surface area contributed by atoms with Crippen LogP contribution in [0.25, 0.3) is 0 Å². The number of nitrogens with one attached hydrogen (secondary N) is 1. The Bertz CT molecular complexity index is 922. The molecule has 0 saturated carbocycles. The molecule has 1 N–H and O–H groups in total. The molecule has 30 heavy (non-hydrogen) atoms. The second kappa shape index (κ2) is 8.45. The Balaban J connectivity index is 3.67. The lowest BCUT2D eigenvalue weighted by Gasteiger charge is -2.26. The van der Waals surface area contributed by atoms with Gasteiger partial charge in [0.2, 0.25) is 5.25 Å². The summed E-state index contributed by atoms with van der Waals surface area (Å²) in [6.07, 6.45) is -9.45. The number of aliphatic imine (C=N–C) groups is 1. The van der Waals surface area contributed by atoms with Crippen molar-refractivity contribution in [1.29, 1.82) is 5.26 Å². The minimum absolute atomic E-state index is 0.0574. The third-order valence-corrected chi connectivity index (χ3v) is 5.42. The lowest BCUT2D eigenvalue weighted by atomic mass is 9.88. The fourth-order valence-corrected chi connectivity index (χ4v) is 2.82. The molecule has 0 aliphatic rings. The summed E-state index contributed by atoms with van der Waals surface area (Å²) >= 11 is 0. The minimum atomic E-state index is -5.08. The molecule has 168 valence electrons. The molecule has 1 aromatic rings. The summed E-state index contributed by atoms with van der Waals surface area (Å²) < 4.78 is 102. The first-order valence-corrected chi connectivity index (χ1v) is 10.4. The van der Waals surface area contributed by atoms with Crippen LogP contribution in [-0.4, -0.2) is 31.8 Å². The number of anilines is 1. The largest absolute Gasteiger partial charge is 0.416 e. The molecule has 0 saturated heterocycles. The van der Waals surface area contributed by atoms with E-state index in [4.69, 9.17) is 0 Å². The SMILES string of the molecule is CC(N=C(Nc1cc(C(F)(F)F)cc(C(F)(F)F)c1)C(C#N)S(C)(=O)=O)C(C)(C)C. The second-order valence-corrected chi connectivity index (χ2v) is 9.95. The van der Waals surface area contributed by atoms with Crippen molar-refractivity contribution in [3.05, 3.63) is 29.3 Å². The molecule has 1 aromatic carbocycles. The smallest absolute Gasteiger partial charge is 0.342 e. The highest BCUT2D eigenvalue weighted by Crippen LogP contribution is 2.37. The molecule has 1 rings (SSSR count). The molecule has 5 nitrogen and oxygen atoms in total. The van der Waals surface area contributed by atoms with Crippen LogP contribution < -0.4 is 5.32 Å². The summed E-state index contributed by atoms with van der Waals surface area (Å²) in [5.74, 6) is -0.560. The zero-order chi connectivity index (χ0) is 23.7. The molecule has 12 heteroatoms. The molecule has 0 fully saturated rings. The topological polar surface area (TPSA) is 82.3 Å². The van der Waals surface area contributed by atoms with Crippen molar-refractivity contribution in [2.75, 3.05) is 11.6 Å². The predicted octanol–water partition coefficient (Wildman–Crippen LogP) is 4.91. The maximum atomic E-state index is 13.1. The molecule has 2 atom stereocenters. The van der Waals surface area contributed by atoms with Gasteiger partial charge in [0.1, 0.15) is 5.84 Å². The number of sulfone groups is 1. The van der Waals surface area contributed by atoms with Crippen LogP contribution in [-0.2, 0) is 22.2 Å². The average Bonchev–Trinajstić information content (AvgIpc) is 2.51. The van der Waals surface area contributed by atoms with E-state index in [0.29, 0.717) is 18.4 Å². The van der Waals surface area contributed by atoms with Crippen LogP contribution in [0.4, 0.5) is 32.0 Å². The van der Waals surface area contributed by atoms with Gasteiger partial charge in [-0.1, -0.05) is 20.8 Å². The zero-order valence-corrected chi connectivity index (χ0v) is 17.6. The molecule has 0 radical (unpaired) electrons. The summed E-state index contributed by atoms with van der Waals surface area (Å²) in [5, 5.41) is 9.59. The van der Waals surface area contributed by atoms with Crippen molar-refractivity contribution >= 4 is 21.4 Å². The van der Waals surface area contributed by atoms with Crippen molar-refractivity contribution < 1.29 is 34.8 Å². The standard InChI is InChI=1S/C18H21F6N3O2S/c1-10(16(2,3)4)26-15(14(9-25)30(5,28)29)27-13-7-11(17(19,20)21)6-12(8-13)18(22,23)24/h6-8,10,14H,1-5H3,(H,26,27). The number of nitrogens with zero attached hydrogens (tertiary/aromatic N) is 2. The van der Waals surface area contributed by atoms with E-state index in [1.54, 1.807) is 27.7 Å². The van der Waals surface area contributed by atoms with Crippen molar-refractivity contribution in [1.82, 2.24) is 0 Å². The van der Waals surface area contributed by atoms with E-state index in [2.05, 4.69) is 10.3 Å². The summed E-state index contributed by atoms with van der Waals surface area (Å²) in [5.41, 5.74) is -4.40. The summed E-state index contributed by atoms with van der Waals surface area (Å²) in [4.78, 5) is 4.11. The lowest BCUT2D eigenvalue weighted by Crippen LogP contribution is -2.36. The Morgan fingerprint density at radius 2 is 1.47 bits per heavy atom. The molecule has 0 aromatic heterocycles. The van der Waals surface area contributed by atoms with E-state index in [9.17, 15) is 40.0 Å². The maximum absolute atomic E-state index is 13.1. The van der Waals surface area contributed by atoms with Crippen LogP contribution in [0, 0.1) is 16.7 Å². The van der Waals surface area contributed by atoms with Crippen LogP contribution in [0.2, 0.25) is 0 Å². The van der Waals surface area contributed by atoms with E-state index in [-0.39, 0.29) is 6.07 Å². The van der Waals surface area contributed by atoms with Gasteiger partial charge in [-0.2, -0.15) is 31.6 Å². The van der Waals surface area contributed by atoms with E-state index < -0.39 is 61.5 Å². The van der Waals surface area contributed by atoms with Gasteiger partial charge in [0.25, 0.3) is 0 Å². The first-order valence-electron chi connectivity index (χ1n) is 8.49.